The first kappa shape index (κ1) is 10.8. The molecule has 3 aliphatic carbocycles. The van der Waals surface area contributed by atoms with Gasteiger partial charge in [-0.15, -0.1) is 0 Å². The highest BCUT2D eigenvalue weighted by molar-refractivity contribution is 5.30. The Morgan fingerprint density at radius 1 is 1.11 bits per heavy atom. The summed E-state index contributed by atoms with van der Waals surface area (Å²) < 4.78 is 0. The molecule has 0 bridgehead atoms. The normalized spacial score (nSPS) is 36.9. The Labute approximate surface area is 109 Å². The lowest BCUT2D eigenvalue weighted by atomic mass is 9.70. The molecule has 0 saturated heterocycles. The van der Waals surface area contributed by atoms with Crippen LogP contribution in [0.15, 0.2) is 36.4 Å². The minimum atomic E-state index is 0.708. The molecule has 1 nitrogen and oxygen atoms in total. The first-order valence-electron chi connectivity index (χ1n) is 7.39. The van der Waals surface area contributed by atoms with Crippen LogP contribution in [-0.2, 0) is 12.8 Å². The lowest BCUT2D eigenvalue weighted by molar-refractivity contribution is 0.146. The average molecular weight is 239 g/mol. The van der Waals surface area contributed by atoms with Gasteiger partial charge < -0.3 is 5.32 Å². The van der Waals surface area contributed by atoms with E-state index in [1.54, 1.807) is 11.1 Å². The van der Waals surface area contributed by atoms with Crippen molar-refractivity contribution in [2.45, 2.75) is 44.2 Å². The van der Waals surface area contributed by atoms with Crippen molar-refractivity contribution in [1.29, 1.82) is 0 Å². The summed E-state index contributed by atoms with van der Waals surface area (Å²) >= 11 is 0. The van der Waals surface area contributed by atoms with Gasteiger partial charge in [-0.2, -0.15) is 0 Å². The fourth-order valence-electron chi connectivity index (χ4n) is 4.05. The second-order valence-corrected chi connectivity index (χ2v) is 6.22. The van der Waals surface area contributed by atoms with Gasteiger partial charge in [0.15, 0.2) is 0 Å². The molecular weight excluding hydrogens is 218 g/mol. The van der Waals surface area contributed by atoms with E-state index in [9.17, 15) is 0 Å². The van der Waals surface area contributed by atoms with Crippen LogP contribution >= 0.6 is 0 Å². The molecule has 4 atom stereocenters. The molecule has 4 unspecified atom stereocenters. The van der Waals surface area contributed by atoms with Crippen LogP contribution in [0.5, 0.6) is 0 Å². The third kappa shape index (κ3) is 1.73. The van der Waals surface area contributed by atoms with Gasteiger partial charge in [-0.3, -0.25) is 0 Å². The molecule has 1 aromatic rings. The van der Waals surface area contributed by atoms with Crippen molar-refractivity contribution in [3.05, 3.63) is 47.5 Å². The first-order chi connectivity index (χ1) is 8.90. The molecule has 0 aliphatic heterocycles. The third-order valence-corrected chi connectivity index (χ3v) is 5.16. The molecule has 94 valence electrons. The summed E-state index contributed by atoms with van der Waals surface area (Å²) in [6, 6.07) is 10.4. The minimum Gasteiger partial charge on any atom is -0.310 e. The second kappa shape index (κ2) is 4.24. The van der Waals surface area contributed by atoms with Crippen LogP contribution in [-0.4, -0.2) is 12.1 Å². The van der Waals surface area contributed by atoms with Crippen molar-refractivity contribution in [3.8, 4) is 0 Å². The van der Waals surface area contributed by atoms with Crippen molar-refractivity contribution in [3.63, 3.8) is 0 Å². The predicted octanol–water partition coefficient (Wildman–Crippen LogP) is 3.10. The van der Waals surface area contributed by atoms with Crippen LogP contribution in [0.4, 0.5) is 0 Å². The molecule has 1 N–H and O–H groups in total. The minimum absolute atomic E-state index is 0.708. The summed E-state index contributed by atoms with van der Waals surface area (Å²) in [6.07, 6.45) is 11.4. The number of aryl methyl sites for hydroxylation is 1. The molecule has 0 amide bonds. The Bertz CT molecular complexity index is 476. The van der Waals surface area contributed by atoms with Crippen molar-refractivity contribution in [2.24, 2.45) is 11.8 Å². The zero-order valence-electron chi connectivity index (χ0n) is 10.8. The zero-order chi connectivity index (χ0) is 11.9. The number of rotatable bonds is 2. The van der Waals surface area contributed by atoms with E-state index in [-0.39, 0.29) is 0 Å². The highest BCUT2D eigenvalue weighted by Crippen LogP contribution is 2.43. The van der Waals surface area contributed by atoms with Gasteiger partial charge in [-0.25, -0.2) is 0 Å². The summed E-state index contributed by atoms with van der Waals surface area (Å²) in [4.78, 5) is 0. The highest BCUT2D eigenvalue weighted by atomic mass is 15.0. The monoisotopic (exact) mass is 239 g/mol. The zero-order valence-corrected chi connectivity index (χ0v) is 10.8. The van der Waals surface area contributed by atoms with Crippen LogP contribution in [0.2, 0.25) is 0 Å². The van der Waals surface area contributed by atoms with E-state index in [1.165, 1.54) is 32.1 Å². The molecular formula is C17H21N. The fourth-order valence-corrected chi connectivity index (χ4v) is 4.05. The van der Waals surface area contributed by atoms with Crippen LogP contribution < -0.4 is 5.32 Å². The molecule has 0 aromatic heterocycles. The molecule has 18 heavy (non-hydrogen) atoms. The van der Waals surface area contributed by atoms with E-state index in [2.05, 4.69) is 41.7 Å². The Hall–Kier alpha value is -1.08. The van der Waals surface area contributed by atoms with Gasteiger partial charge in [0.05, 0.1) is 0 Å². The van der Waals surface area contributed by atoms with Gasteiger partial charge in [-0.05, 0) is 55.1 Å². The average Bonchev–Trinajstić information content (AvgIpc) is 2.77. The fraction of sp³-hybridized carbons (Fsp3) is 0.529. The van der Waals surface area contributed by atoms with E-state index in [4.69, 9.17) is 0 Å². The van der Waals surface area contributed by atoms with Crippen molar-refractivity contribution >= 4 is 0 Å². The SMILES string of the molecule is C1=CC2C(C1)CC2NC1CCc2ccccc2C1. The lowest BCUT2D eigenvalue weighted by Crippen LogP contribution is -2.52. The maximum absolute atomic E-state index is 3.92. The number of allylic oxidation sites excluding steroid dienone is 1. The third-order valence-electron chi connectivity index (χ3n) is 5.16. The van der Waals surface area contributed by atoms with Gasteiger partial charge >= 0.3 is 0 Å². The molecule has 1 heteroatoms. The number of hydrogen-bond donors (Lipinski definition) is 1. The van der Waals surface area contributed by atoms with Crippen LogP contribution in [0.3, 0.4) is 0 Å². The Kier molecular flexibility index (Phi) is 2.54. The second-order valence-electron chi connectivity index (χ2n) is 6.22. The molecule has 4 rings (SSSR count). The molecule has 0 heterocycles. The van der Waals surface area contributed by atoms with E-state index in [0.29, 0.717) is 6.04 Å². The summed E-state index contributed by atoms with van der Waals surface area (Å²) in [5.74, 6) is 1.82. The molecule has 1 aromatic carbocycles. The molecule has 0 spiro atoms. The van der Waals surface area contributed by atoms with Gasteiger partial charge in [0.2, 0.25) is 0 Å². The quantitative estimate of drug-likeness (QED) is 0.782. The largest absolute Gasteiger partial charge is 0.310 e. The standard InChI is InChI=1S/C17H21N/c1-2-5-13-10-15(9-8-12(13)4-1)18-17-11-14-6-3-7-16(14)17/h1-5,7,14-18H,6,8-11H2. The van der Waals surface area contributed by atoms with Crippen LogP contribution in [0.25, 0.3) is 0 Å². The number of nitrogens with one attached hydrogen (secondary N) is 1. The number of benzene rings is 1. The summed E-state index contributed by atoms with van der Waals surface area (Å²) in [5.41, 5.74) is 3.14. The van der Waals surface area contributed by atoms with Gasteiger partial charge in [0.25, 0.3) is 0 Å². The number of fused-ring (bicyclic) bond motifs is 2. The lowest BCUT2D eigenvalue weighted by Gasteiger charge is -2.43. The van der Waals surface area contributed by atoms with Crippen molar-refractivity contribution in [1.82, 2.24) is 5.32 Å². The molecule has 1 fully saturated rings. The van der Waals surface area contributed by atoms with E-state index in [0.717, 1.165) is 17.9 Å². The van der Waals surface area contributed by atoms with Crippen molar-refractivity contribution < 1.29 is 0 Å². The summed E-state index contributed by atoms with van der Waals surface area (Å²) in [5, 5.41) is 3.92. The smallest absolute Gasteiger partial charge is 0.0138 e. The molecule has 0 radical (unpaired) electrons. The van der Waals surface area contributed by atoms with Crippen molar-refractivity contribution in [2.75, 3.05) is 0 Å². The summed E-state index contributed by atoms with van der Waals surface area (Å²) in [6.45, 7) is 0. The van der Waals surface area contributed by atoms with Crippen LogP contribution in [0, 0.1) is 11.8 Å². The van der Waals surface area contributed by atoms with Gasteiger partial charge in [-0.1, -0.05) is 36.4 Å². The number of hydrogen-bond acceptors (Lipinski definition) is 1. The van der Waals surface area contributed by atoms with E-state index >= 15 is 0 Å². The topological polar surface area (TPSA) is 12.0 Å². The van der Waals surface area contributed by atoms with Gasteiger partial charge in [0, 0.05) is 12.1 Å². The van der Waals surface area contributed by atoms with E-state index < -0.39 is 0 Å². The molecule has 3 aliphatic rings. The molecule has 1 saturated carbocycles. The Balaban J connectivity index is 1.41. The first-order valence-corrected chi connectivity index (χ1v) is 7.39. The maximum Gasteiger partial charge on any atom is 0.0138 e. The highest BCUT2D eigenvalue weighted by Gasteiger charge is 2.41. The predicted molar refractivity (Wildman–Crippen MR) is 74.5 cm³/mol. The summed E-state index contributed by atoms with van der Waals surface area (Å²) in [7, 11) is 0. The maximum atomic E-state index is 3.92. The van der Waals surface area contributed by atoms with Gasteiger partial charge in [0.1, 0.15) is 0 Å². The Morgan fingerprint density at radius 2 is 2.00 bits per heavy atom. The van der Waals surface area contributed by atoms with E-state index in [1.807, 2.05) is 0 Å². The van der Waals surface area contributed by atoms with Crippen LogP contribution in [0.1, 0.15) is 30.4 Å². The Morgan fingerprint density at radius 3 is 2.89 bits per heavy atom.